The van der Waals surface area contributed by atoms with E-state index in [2.05, 4.69) is 39.0 Å². The Hall–Kier alpha value is -2.29. The summed E-state index contributed by atoms with van der Waals surface area (Å²) < 4.78 is 5.10. The molecule has 0 bridgehead atoms. The fraction of sp³-hybridized carbons (Fsp3) is 0.409. The Labute approximate surface area is 150 Å². The maximum atomic E-state index is 11.1. The highest BCUT2D eigenvalue weighted by atomic mass is 16.7. The molecule has 134 valence electrons. The summed E-state index contributed by atoms with van der Waals surface area (Å²) in [5.74, 6) is 0.490. The molecule has 3 nitrogen and oxygen atoms in total. The number of aryl methyl sites for hydroxylation is 1. The van der Waals surface area contributed by atoms with E-state index in [0.717, 1.165) is 44.1 Å². The van der Waals surface area contributed by atoms with Gasteiger partial charge in [0.2, 0.25) is 0 Å². The van der Waals surface area contributed by atoms with Crippen molar-refractivity contribution < 1.29 is 14.6 Å². The van der Waals surface area contributed by atoms with Gasteiger partial charge in [-0.15, -0.1) is 0 Å². The third-order valence-corrected chi connectivity index (χ3v) is 4.58. The highest BCUT2D eigenvalue weighted by Crippen LogP contribution is 2.36. The van der Waals surface area contributed by atoms with Crippen LogP contribution in [0.2, 0.25) is 0 Å². The van der Waals surface area contributed by atoms with E-state index in [1.165, 1.54) is 22.3 Å². The maximum Gasteiger partial charge on any atom is 0.511 e. The molecule has 0 unspecified atom stereocenters. The van der Waals surface area contributed by atoms with Crippen LogP contribution >= 0.6 is 0 Å². The van der Waals surface area contributed by atoms with E-state index in [1.807, 2.05) is 18.2 Å². The molecule has 0 aromatic heterocycles. The van der Waals surface area contributed by atoms with Crippen molar-refractivity contribution in [3.63, 3.8) is 0 Å². The van der Waals surface area contributed by atoms with Gasteiger partial charge >= 0.3 is 6.16 Å². The van der Waals surface area contributed by atoms with Crippen molar-refractivity contribution >= 4 is 6.16 Å². The molecule has 0 radical (unpaired) electrons. The van der Waals surface area contributed by atoms with Gasteiger partial charge in [-0.2, -0.15) is 0 Å². The van der Waals surface area contributed by atoms with Crippen molar-refractivity contribution in [3.8, 4) is 16.9 Å². The highest BCUT2D eigenvalue weighted by Gasteiger charge is 2.17. The van der Waals surface area contributed by atoms with Gasteiger partial charge in [-0.1, -0.05) is 57.0 Å². The van der Waals surface area contributed by atoms with Crippen LogP contribution in [0.3, 0.4) is 0 Å². The average Bonchev–Trinajstić information content (AvgIpc) is 2.59. The molecule has 2 rings (SSSR count). The van der Waals surface area contributed by atoms with Crippen LogP contribution in [0.15, 0.2) is 36.4 Å². The minimum atomic E-state index is -1.25. The lowest BCUT2D eigenvalue weighted by molar-refractivity contribution is 0.144. The van der Waals surface area contributed by atoms with Gasteiger partial charge in [0.15, 0.2) is 0 Å². The first kappa shape index (κ1) is 19.0. The van der Waals surface area contributed by atoms with Crippen LogP contribution < -0.4 is 4.74 Å². The summed E-state index contributed by atoms with van der Waals surface area (Å²) in [4.78, 5) is 11.1. The van der Waals surface area contributed by atoms with Crippen molar-refractivity contribution in [2.45, 2.75) is 59.3 Å². The molecule has 0 atom stereocenters. The Morgan fingerprint density at radius 3 is 2.16 bits per heavy atom. The lowest BCUT2D eigenvalue weighted by Gasteiger charge is -2.19. The first-order valence-corrected chi connectivity index (χ1v) is 9.20. The normalized spacial score (nSPS) is 10.7. The molecule has 0 saturated carbocycles. The quantitative estimate of drug-likeness (QED) is 0.446. The summed E-state index contributed by atoms with van der Waals surface area (Å²) in [5.41, 5.74) is 5.94. The SMILES string of the molecule is CCCCc1c(OC(=O)O)ccc(-c2ccccc2C)c1CCCC. The number of carboxylic acid groups (broad SMARTS) is 1. The van der Waals surface area contributed by atoms with Crippen molar-refractivity contribution in [1.29, 1.82) is 0 Å². The summed E-state index contributed by atoms with van der Waals surface area (Å²) in [5, 5.41) is 9.09. The minimum Gasteiger partial charge on any atom is -0.449 e. The zero-order valence-corrected chi connectivity index (χ0v) is 15.5. The molecule has 0 aliphatic rings. The molecule has 2 aromatic rings. The van der Waals surface area contributed by atoms with Crippen LogP contribution in [-0.4, -0.2) is 11.3 Å². The third kappa shape index (κ3) is 4.85. The molecule has 0 amide bonds. The van der Waals surface area contributed by atoms with E-state index in [4.69, 9.17) is 9.84 Å². The molecule has 25 heavy (non-hydrogen) atoms. The smallest absolute Gasteiger partial charge is 0.449 e. The maximum absolute atomic E-state index is 11.1. The van der Waals surface area contributed by atoms with Gasteiger partial charge in [-0.05, 0) is 66.5 Å². The van der Waals surface area contributed by atoms with Crippen molar-refractivity contribution in [2.75, 3.05) is 0 Å². The van der Waals surface area contributed by atoms with Gasteiger partial charge in [0.1, 0.15) is 5.75 Å². The van der Waals surface area contributed by atoms with Gasteiger partial charge in [-0.3, -0.25) is 0 Å². The fourth-order valence-electron chi connectivity index (χ4n) is 3.26. The molecule has 3 heteroatoms. The van der Waals surface area contributed by atoms with Crippen molar-refractivity contribution in [1.82, 2.24) is 0 Å². The van der Waals surface area contributed by atoms with Crippen molar-refractivity contribution in [3.05, 3.63) is 53.1 Å². The van der Waals surface area contributed by atoms with Gasteiger partial charge < -0.3 is 9.84 Å². The zero-order chi connectivity index (χ0) is 18.2. The largest absolute Gasteiger partial charge is 0.511 e. The van der Waals surface area contributed by atoms with Crippen molar-refractivity contribution in [2.24, 2.45) is 0 Å². The number of rotatable bonds is 8. The Morgan fingerprint density at radius 1 is 0.920 bits per heavy atom. The second-order valence-corrected chi connectivity index (χ2v) is 6.46. The molecule has 0 fully saturated rings. The second kappa shape index (κ2) is 9.26. The van der Waals surface area contributed by atoms with Crippen LogP contribution in [-0.2, 0) is 12.8 Å². The predicted molar refractivity (Wildman–Crippen MR) is 102 cm³/mol. The monoisotopic (exact) mass is 340 g/mol. The fourth-order valence-corrected chi connectivity index (χ4v) is 3.26. The molecular formula is C22H28O3. The van der Waals surface area contributed by atoms with E-state index in [1.54, 1.807) is 0 Å². The molecule has 0 spiro atoms. The molecule has 2 aromatic carbocycles. The summed E-state index contributed by atoms with van der Waals surface area (Å²) >= 11 is 0. The predicted octanol–water partition coefficient (Wildman–Crippen LogP) is 6.40. The molecule has 1 N–H and O–H groups in total. The van der Waals surface area contributed by atoms with Gasteiger partial charge in [0, 0.05) is 0 Å². The summed E-state index contributed by atoms with van der Waals surface area (Å²) in [6.45, 7) is 6.44. The number of carbonyl (C=O) groups is 1. The molecule has 0 aliphatic carbocycles. The third-order valence-electron chi connectivity index (χ3n) is 4.58. The number of unbranched alkanes of at least 4 members (excludes halogenated alkanes) is 2. The molecule has 0 heterocycles. The van der Waals surface area contributed by atoms with Crippen LogP contribution in [0, 0.1) is 6.92 Å². The Balaban J connectivity index is 2.62. The minimum absolute atomic E-state index is 0.490. The summed E-state index contributed by atoms with van der Waals surface area (Å²) in [7, 11) is 0. The first-order chi connectivity index (χ1) is 12.1. The highest BCUT2D eigenvalue weighted by molar-refractivity contribution is 5.74. The Kier molecular flexibility index (Phi) is 7.05. The average molecular weight is 340 g/mol. The van der Waals surface area contributed by atoms with Crippen LogP contribution in [0.1, 0.15) is 56.2 Å². The van der Waals surface area contributed by atoms with E-state index in [9.17, 15) is 4.79 Å². The first-order valence-electron chi connectivity index (χ1n) is 9.20. The van der Waals surface area contributed by atoms with Crippen LogP contribution in [0.4, 0.5) is 4.79 Å². The summed E-state index contributed by atoms with van der Waals surface area (Å²) in [6, 6.07) is 12.2. The van der Waals surface area contributed by atoms with E-state index >= 15 is 0 Å². The Bertz CT molecular complexity index is 719. The number of hydrogen-bond donors (Lipinski definition) is 1. The number of benzene rings is 2. The molecule has 0 aliphatic heterocycles. The standard InChI is InChI=1S/C22H28O3/c1-4-6-11-18-19(17-13-9-8-10-16(17)3)14-15-21(25-22(23)24)20(18)12-7-5-2/h8-10,13-15H,4-7,11-12H2,1-3H3,(H,23,24). The van der Waals surface area contributed by atoms with Gasteiger partial charge in [0.05, 0.1) is 0 Å². The van der Waals surface area contributed by atoms with Crippen LogP contribution in [0.5, 0.6) is 5.75 Å². The molecular weight excluding hydrogens is 312 g/mol. The summed E-state index contributed by atoms with van der Waals surface area (Å²) in [6.07, 6.45) is 4.80. The van der Waals surface area contributed by atoms with E-state index in [0.29, 0.717) is 5.75 Å². The topological polar surface area (TPSA) is 46.5 Å². The molecule has 0 saturated heterocycles. The lowest BCUT2D eigenvalue weighted by Crippen LogP contribution is -2.08. The second-order valence-electron chi connectivity index (χ2n) is 6.46. The van der Waals surface area contributed by atoms with Gasteiger partial charge in [0.25, 0.3) is 0 Å². The van der Waals surface area contributed by atoms with Crippen LogP contribution in [0.25, 0.3) is 11.1 Å². The Morgan fingerprint density at radius 2 is 1.56 bits per heavy atom. The lowest BCUT2D eigenvalue weighted by atomic mass is 9.88. The van der Waals surface area contributed by atoms with Gasteiger partial charge in [-0.25, -0.2) is 4.79 Å². The van der Waals surface area contributed by atoms with E-state index < -0.39 is 6.16 Å². The number of ether oxygens (including phenoxy) is 1. The van der Waals surface area contributed by atoms with E-state index in [-0.39, 0.29) is 0 Å². The number of hydrogen-bond acceptors (Lipinski definition) is 2. The zero-order valence-electron chi connectivity index (χ0n) is 15.5.